The Morgan fingerprint density at radius 2 is 1.71 bits per heavy atom. The van der Waals surface area contributed by atoms with Gasteiger partial charge in [0.05, 0.1) is 11.0 Å². The average molecular weight is 740 g/mol. The number of esters is 2. The molecule has 2 fully saturated rings. The Balaban J connectivity index is 1.30. The third-order valence-corrected chi connectivity index (χ3v) is 12.9. The van der Waals surface area contributed by atoms with Gasteiger partial charge < -0.3 is 25.0 Å². The fourth-order valence-electron chi connectivity index (χ4n) is 10.6. The topological polar surface area (TPSA) is 105 Å². The van der Waals surface area contributed by atoms with Crippen LogP contribution in [0.5, 0.6) is 5.75 Å². The van der Waals surface area contributed by atoms with Crippen molar-refractivity contribution in [1.82, 2.24) is 5.32 Å². The number of unbranched alkanes of at least 4 members (excludes halogenated alkanes) is 4. The lowest BCUT2D eigenvalue weighted by Gasteiger charge is -2.56. The summed E-state index contributed by atoms with van der Waals surface area (Å²) >= 11 is 0. The normalized spacial score (nSPS) is 26.0. The van der Waals surface area contributed by atoms with Crippen LogP contribution >= 0.6 is 0 Å². The fourth-order valence-corrected chi connectivity index (χ4v) is 10.6. The van der Waals surface area contributed by atoms with Crippen molar-refractivity contribution in [2.24, 2.45) is 29.1 Å². The first-order chi connectivity index (χ1) is 26.9. The molecule has 3 N–H and O–H groups in total. The summed E-state index contributed by atoms with van der Waals surface area (Å²) in [5.41, 5.74) is 7.78. The van der Waals surface area contributed by atoms with E-state index in [1.807, 2.05) is 25.2 Å². The van der Waals surface area contributed by atoms with Gasteiger partial charge in [-0.1, -0.05) is 74.4 Å². The summed E-state index contributed by atoms with van der Waals surface area (Å²) < 4.78 is 12.7. The van der Waals surface area contributed by atoms with Gasteiger partial charge in [-0.05, 0) is 146 Å². The Labute approximate surface area is 324 Å². The van der Waals surface area contributed by atoms with Crippen molar-refractivity contribution < 1.29 is 29.3 Å². The van der Waals surface area contributed by atoms with Crippen LogP contribution in [-0.2, 0) is 32.0 Å². The summed E-state index contributed by atoms with van der Waals surface area (Å²) in [5.74, 6) is 0.874. The second kappa shape index (κ2) is 15.8. The number of hydrogen-bond acceptors (Lipinski definition) is 7. The number of nitrogens with one attached hydrogen (secondary N) is 1. The van der Waals surface area contributed by atoms with E-state index in [1.54, 1.807) is 6.07 Å². The van der Waals surface area contributed by atoms with Crippen molar-refractivity contribution in [2.75, 3.05) is 13.7 Å². The number of aliphatic hydroxyl groups excluding tert-OH is 1. The Kier molecular flexibility index (Phi) is 10.7. The largest absolute Gasteiger partial charge is 0.508 e. The Bertz CT molecular complexity index is 2090. The molecule has 55 heavy (non-hydrogen) atoms. The lowest BCUT2D eigenvalue weighted by Crippen LogP contribution is -2.52. The maximum absolute atomic E-state index is 14.7. The van der Waals surface area contributed by atoms with Crippen LogP contribution in [0.2, 0.25) is 0 Å². The molecule has 7 heteroatoms. The van der Waals surface area contributed by atoms with Crippen molar-refractivity contribution in [1.29, 1.82) is 0 Å². The second-order valence-corrected chi connectivity index (χ2v) is 16.1. The molecule has 0 unspecified atom stereocenters. The number of cyclic esters (lactones) is 2. The molecule has 2 aliphatic heterocycles. The molecule has 0 radical (unpaired) electrons. The van der Waals surface area contributed by atoms with E-state index in [0.717, 1.165) is 110 Å². The van der Waals surface area contributed by atoms with Crippen molar-refractivity contribution >= 4 is 17.5 Å². The number of rotatable bonds is 14. The molecular weight excluding hydrogens is 687 g/mol. The minimum atomic E-state index is -0.827. The van der Waals surface area contributed by atoms with Crippen LogP contribution < -0.4 is 5.32 Å². The number of carbonyl (C=O) groups excluding carboxylic acids is 2. The number of fused-ring (bicyclic) bond motifs is 1. The van der Waals surface area contributed by atoms with Crippen LogP contribution in [-0.4, -0.2) is 35.8 Å². The number of aliphatic hydroxyl groups is 1. The minimum Gasteiger partial charge on any atom is -0.508 e. The van der Waals surface area contributed by atoms with Gasteiger partial charge >= 0.3 is 11.9 Å². The summed E-state index contributed by atoms with van der Waals surface area (Å²) in [6.07, 6.45) is 13.7. The van der Waals surface area contributed by atoms with Gasteiger partial charge in [-0.3, -0.25) is 0 Å². The molecule has 286 valence electrons. The van der Waals surface area contributed by atoms with Crippen molar-refractivity contribution in [3.05, 3.63) is 130 Å². The molecule has 9 rings (SSSR count). The molecular formula is C48H53NO6. The number of hydrogen-bond donors (Lipinski definition) is 3. The van der Waals surface area contributed by atoms with Crippen molar-refractivity contribution in [3.8, 4) is 16.9 Å². The van der Waals surface area contributed by atoms with Crippen LogP contribution in [0.4, 0.5) is 0 Å². The smallest absolute Gasteiger partial charge is 0.340 e. The third kappa shape index (κ3) is 6.69. The maximum atomic E-state index is 14.7. The highest BCUT2D eigenvalue weighted by atomic mass is 16.5. The quantitative estimate of drug-likeness (QED) is 0.112. The number of ether oxygens (including phenoxy) is 2. The molecule has 2 bridgehead atoms. The summed E-state index contributed by atoms with van der Waals surface area (Å²) in [4.78, 5) is 28.9. The fraction of sp³-hybridized carbons (Fsp3) is 0.417. The summed E-state index contributed by atoms with van der Waals surface area (Å²) in [6, 6.07) is 24.4. The van der Waals surface area contributed by atoms with E-state index in [4.69, 9.17) is 9.47 Å². The summed E-state index contributed by atoms with van der Waals surface area (Å²) in [6.45, 7) is 3.11. The zero-order chi connectivity index (χ0) is 38.1. The van der Waals surface area contributed by atoms with E-state index < -0.39 is 5.41 Å². The van der Waals surface area contributed by atoms with Crippen molar-refractivity contribution in [2.45, 2.75) is 84.1 Å². The van der Waals surface area contributed by atoms with Crippen LogP contribution in [0.3, 0.4) is 0 Å². The molecule has 3 aromatic carbocycles. The first kappa shape index (κ1) is 37.2. The van der Waals surface area contributed by atoms with Crippen LogP contribution in [0.1, 0.15) is 87.8 Å². The predicted molar refractivity (Wildman–Crippen MR) is 214 cm³/mol. The predicted octanol–water partition coefficient (Wildman–Crippen LogP) is 9.36. The molecule has 6 aliphatic rings. The first-order valence-corrected chi connectivity index (χ1v) is 20.4. The number of allylic oxidation sites excluding steroid dienone is 5. The highest BCUT2D eigenvalue weighted by molar-refractivity contribution is 6.07. The molecule has 0 aromatic heterocycles. The van der Waals surface area contributed by atoms with Gasteiger partial charge in [0, 0.05) is 30.2 Å². The van der Waals surface area contributed by atoms with E-state index in [1.165, 1.54) is 5.56 Å². The van der Waals surface area contributed by atoms with E-state index in [-0.39, 0.29) is 48.0 Å². The van der Waals surface area contributed by atoms with Gasteiger partial charge in [-0.15, -0.1) is 0 Å². The molecule has 5 atom stereocenters. The maximum Gasteiger partial charge on any atom is 0.340 e. The van der Waals surface area contributed by atoms with Crippen LogP contribution in [0.15, 0.2) is 113 Å². The molecule has 1 saturated carbocycles. The first-order valence-electron chi connectivity index (χ1n) is 20.4. The molecule has 1 saturated heterocycles. The SMILES string of the molecule is CC[C@H](/C=C1\OC(=O)C2=C(c3cc(O)ccc3-c3cccc(CNC)c3)[C@@H]3CC[C@@]21[C@H]1C2=C(CC[C@@H]31)C(=CCCCCCCO)OC2=O)Cc1ccccc1. The standard InChI is InChI=1S/C48H53NO6/c1-3-30(25-31-13-8-7-9-14-31)27-41-48-23-22-36(37-20-21-38-40(17-10-5-4-6-11-24-50)54-46(52)43(38)44(37)48)42(45(48)47(53)55-41)39-28-34(51)18-19-35(39)33-16-12-15-32(26-33)29-49-2/h7-9,12-19,26-28,30,36-37,44,49-51H,3-6,10-11,20-25,29H2,1-2H3/b40-17?,41-27-/t30-,36+,37-,44+,48+/m0/s1. The van der Waals surface area contributed by atoms with Gasteiger partial charge in [-0.2, -0.15) is 0 Å². The number of phenols is 1. The van der Waals surface area contributed by atoms with Gasteiger partial charge in [0.2, 0.25) is 0 Å². The monoisotopic (exact) mass is 739 g/mol. The lowest BCUT2D eigenvalue weighted by atomic mass is 9.44. The summed E-state index contributed by atoms with van der Waals surface area (Å²) in [5, 5.41) is 23.5. The number of aromatic hydroxyl groups is 1. The Hall–Kier alpha value is -4.72. The molecule has 2 heterocycles. The molecule has 0 amide bonds. The van der Waals surface area contributed by atoms with Crippen LogP contribution in [0, 0.1) is 29.1 Å². The number of phenolic OH excluding ortho intramolecular Hbond substituents is 1. The molecule has 4 aliphatic carbocycles. The number of carbonyl (C=O) groups is 2. The summed E-state index contributed by atoms with van der Waals surface area (Å²) in [7, 11) is 1.93. The van der Waals surface area contributed by atoms with Gasteiger partial charge in [-0.25, -0.2) is 9.59 Å². The van der Waals surface area contributed by atoms with Gasteiger partial charge in [0.15, 0.2) is 0 Å². The molecule has 3 aromatic rings. The zero-order valence-electron chi connectivity index (χ0n) is 32.1. The van der Waals surface area contributed by atoms with E-state index in [2.05, 4.69) is 72.9 Å². The second-order valence-electron chi connectivity index (χ2n) is 16.1. The van der Waals surface area contributed by atoms with Gasteiger partial charge in [0.25, 0.3) is 0 Å². The molecule has 7 nitrogen and oxygen atoms in total. The highest BCUT2D eigenvalue weighted by Gasteiger charge is 2.68. The number of benzene rings is 3. The minimum absolute atomic E-state index is 0.00233. The average Bonchev–Trinajstić information content (AvgIpc) is 3.68. The van der Waals surface area contributed by atoms with Gasteiger partial charge in [0.1, 0.15) is 17.3 Å². The molecule has 1 spiro atoms. The third-order valence-electron chi connectivity index (χ3n) is 12.9. The zero-order valence-corrected chi connectivity index (χ0v) is 32.1. The van der Waals surface area contributed by atoms with E-state index in [0.29, 0.717) is 23.5 Å². The highest BCUT2D eigenvalue weighted by Crippen LogP contribution is 2.72. The lowest BCUT2D eigenvalue weighted by molar-refractivity contribution is -0.135. The Morgan fingerprint density at radius 1 is 0.891 bits per heavy atom. The van der Waals surface area contributed by atoms with Crippen LogP contribution in [0.25, 0.3) is 16.7 Å². The Morgan fingerprint density at radius 3 is 2.51 bits per heavy atom. The van der Waals surface area contributed by atoms with E-state index >= 15 is 0 Å². The van der Waals surface area contributed by atoms with E-state index in [9.17, 15) is 19.8 Å². The van der Waals surface area contributed by atoms with Crippen molar-refractivity contribution in [3.63, 3.8) is 0 Å².